The van der Waals surface area contributed by atoms with Crippen LogP contribution in [0.4, 0.5) is 5.69 Å². The number of benzene rings is 1. The summed E-state index contributed by atoms with van der Waals surface area (Å²) in [6.07, 6.45) is 2.61. The number of amides is 1. The van der Waals surface area contributed by atoms with E-state index in [0.29, 0.717) is 18.6 Å². The molecule has 1 saturated heterocycles. The van der Waals surface area contributed by atoms with Gasteiger partial charge in [-0.1, -0.05) is 19.1 Å². The van der Waals surface area contributed by atoms with Gasteiger partial charge in [-0.15, -0.1) is 0 Å². The van der Waals surface area contributed by atoms with Gasteiger partial charge in [0.25, 0.3) is 0 Å². The number of aliphatic carboxylic acids is 2. The van der Waals surface area contributed by atoms with Crippen LogP contribution < -0.4 is 15.0 Å². The van der Waals surface area contributed by atoms with Crippen LogP contribution in [0.5, 0.6) is 5.75 Å². The quantitative estimate of drug-likeness (QED) is 0.655. The number of ether oxygens (including phenoxy) is 1. The summed E-state index contributed by atoms with van der Waals surface area (Å²) in [5, 5.41) is 18.9. The minimum Gasteiger partial charge on any atom is -0.495 e. The Bertz CT molecular complexity index is 637. The van der Waals surface area contributed by atoms with Crippen LogP contribution in [-0.4, -0.2) is 54.3 Å². The molecule has 8 nitrogen and oxygen atoms in total. The predicted molar refractivity (Wildman–Crippen MR) is 96.5 cm³/mol. The van der Waals surface area contributed by atoms with E-state index < -0.39 is 11.9 Å². The molecule has 1 aromatic carbocycles. The molecule has 1 aliphatic rings. The number of nitrogens with zero attached hydrogens (tertiary/aromatic N) is 1. The van der Waals surface area contributed by atoms with E-state index in [-0.39, 0.29) is 11.9 Å². The van der Waals surface area contributed by atoms with Gasteiger partial charge in [-0.2, -0.15) is 0 Å². The lowest BCUT2D eigenvalue weighted by Gasteiger charge is -2.29. The fourth-order valence-corrected chi connectivity index (χ4v) is 2.54. The first-order valence-electron chi connectivity index (χ1n) is 8.20. The topological polar surface area (TPSA) is 116 Å². The van der Waals surface area contributed by atoms with Crippen molar-refractivity contribution in [1.82, 2.24) is 5.32 Å². The molecular weight excluding hydrogens is 340 g/mol. The molecule has 3 N–H and O–H groups in total. The highest BCUT2D eigenvalue weighted by molar-refractivity contribution is 5.95. The van der Waals surface area contributed by atoms with Crippen molar-refractivity contribution < 1.29 is 29.3 Å². The number of rotatable bonds is 6. The fraction of sp³-hybridized carbons (Fsp3) is 0.389. The molecule has 1 fully saturated rings. The summed E-state index contributed by atoms with van der Waals surface area (Å²) in [4.78, 5) is 33.2. The van der Waals surface area contributed by atoms with Gasteiger partial charge in [0.2, 0.25) is 5.91 Å². The highest BCUT2D eigenvalue weighted by Gasteiger charge is 2.28. The third-order valence-corrected chi connectivity index (χ3v) is 3.68. The minimum absolute atomic E-state index is 0.146. The zero-order valence-electron chi connectivity index (χ0n) is 14.8. The van der Waals surface area contributed by atoms with Gasteiger partial charge in [0.15, 0.2) is 0 Å². The standard InChI is InChI=1S/C14H20N2O2.C4H4O4/c1-3-14(17)16(11-8-9-15-10-11)12-6-4-5-7-13(12)18-2;5-3(6)1-2-4(7)8/h4-7,11,15H,3,8-10H2,1-2H3;1-2H,(H,5,6)(H,7,8)/b;2-1+. The number of nitrogens with one attached hydrogen (secondary N) is 1. The maximum Gasteiger partial charge on any atom is 0.328 e. The van der Waals surface area contributed by atoms with Crippen LogP contribution in [0.1, 0.15) is 19.8 Å². The van der Waals surface area contributed by atoms with Crippen molar-refractivity contribution in [3.8, 4) is 5.75 Å². The molecule has 0 saturated carbocycles. The second-order valence-electron chi connectivity index (χ2n) is 5.45. The Kier molecular flexibility index (Phi) is 8.86. The summed E-state index contributed by atoms with van der Waals surface area (Å²) in [6, 6.07) is 7.94. The summed E-state index contributed by atoms with van der Waals surface area (Å²) in [5.41, 5.74) is 0.876. The van der Waals surface area contributed by atoms with E-state index in [9.17, 15) is 14.4 Å². The van der Waals surface area contributed by atoms with Crippen LogP contribution in [0, 0.1) is 0 Å². The average molecular weight is 364 g/mol. The normalized spacial score (nSPS) is 15.8. The Morgan fingerprint density at radius 2 is 1.85 bits per heavy atom. The minimum atomic E-state index is -1.26. The van der Waals surface area contributed by atoms with Gasteiger partial charge in [0.1, 0.15) is 5.75 Å². The molecule has 2 rings (SSSR count). The van der Waals surface area contributed by atoms with E-state index in [1.165, 1.54) is 0 Å². The van der Waals surface area contributed by atoms with Crippen molar-refractivity contribution >= 4 is 23.5 Å². The molecular formula is C18H24N2O6. The Morgan fingerprint density at radius 1 is 1.23 bits per heavy atom. The molecule has 1 aliphatic heterocycles. The SMILES string of the molecule is CCC(=O)N(c1ccccc1OC)C1CCNC1.O=C(O)/C=C/C(=O)O. The number of hydrogen-bond donors (Lipinski definition) is 3. The maximum atomic E-state index is 12.2. The van der Waals surface area contributed by atoms with Crippen LogP contribution >= 0.6 is 0 Å². The first-order chi connectivity index (χ1) is 12.4. The highest BCUT2D eigenvalue weighted by Crippen LogP contribution is 2.31. The molecule has 142 valence electrons. The first-order valence-corrected chi connectivity index (χ1v) is 8.20. The van der Waals surface area contributed by atoms with Gasteiger partial charge in [-0.25, -0.2) is 9.59 Å². The molecule has 8 heteroatoms. The van der Waals surface area contributed by atoms with Gasteiger partial charge < -0.3 is 25.2 Å². The summed E-state index contributed by atoms with van der Waals surface area (Å²) >= 11 is 0. The Balaban J connectivity index is 0.000000359. The lowest BCUT2D eigenvalue weighted by atomic mass is 10.1. The second kappa shape index (κ2) is 10.9. The molecule has 0 bridgehead atoms. The van der Waals surface area contributed by atoms with E-state index in [1.807, 2.05) is 36.1 Å². The zero-order chi connectivity index (χ0) is 19.5. The summed E-state index contributed by atoms with van der Waals surface area (Å²) in [5.74, 6) is -1.61. The fourth-order valence-electron chi connectivity index (χ4n) is 2.54. The number of carboxylic acid groups (broad SMARTS) is 2. The van der Waals surface area contributed by atoms with Crippen LogP contribution in [0.25, 0.3) is 0 Å². The van der Waals surface area contributed by atoms with E-state index >= 15 is 0 Å². The number of anilines is 1. The summed E-state index contributed by atoms with van der Waals surface area (Å²) in [7, 11) is 1.64. The Hall–Kier alpha value is -2.87. The van der Waals surface area contributed by atoms with Gasteiger partial charge >= 0.3 is 11.9 Å². The Labute approximate surface area is 152 Å². The second-order valence-corrected chi connectivity index (χ2v) is 5.45. The van der Waals surface area contributed by atoms with Crippen molar-refractivity contribution in [2.24, 2.45) is 0 Å². The van der Waals surface area contributed by atoms with Crippen molar-refractivity contribution in [3.05, 3.63) is 36.4 Å². The number of carboxylic acids is 2. The van der Waals surface area contributed by atoms with Gasteiger partial charge in [-0.05, 0) is 25.1 Å². The third-order valence-electron chi connectivity index (χ3n) is 3.68. The number of carbonyl (C=O) groups excluding carboxylic acids is 1. The van der Waals surface area contributed by atoms with Gasteiger partial charge in [-0.3, -0.25) is 4.79 Å². The first kappa shape index (κ1) is 21.2. The van der Waals surface area contributed by atoms with Crippen molar-refractivity contribution in [3.63, 3.8) is 0 Å². The molecule has 1 amide bonds. The Morgan fingerprint density at radius 3 is 2.31 bits per heavy atom. The average Bonchev–Trinajstić information content (AvgIpc) is 3.15. The van der Waals surface area contributed by atoms with Crippen LogP contribution in [0.3, 0.4) is 0 Å². The number of hydrogen-bond acceptors (Lipinski definition) is 5. The number of para-hydroxylation sites is 2. The molecule has 1 unspecified atom stereocenters. The monoisotopic (exact) mass is 364 g/mol. The van der Waals surface area contributed by atoms with Gasteiger partial charge in [0.05, 0.1) is 18.8 Å². The van der Waals surface area contributed by atoms with Crippen molar-refractivity contribution in [2.75, 3.05) is 25.1 Å². The van der Waals surface area contributed by atoms with Crippen molar-refractivity contribution in [1.29, 1.82) is 0 Å². The van der Waals surface area contributed by atoms with E-state index in [0.717, 1.165) is 30.9 Å². The molecule has 0 spiro atoms. The van der Waals surface area contributed by atoms with Crippen LogP contribution in [0.15, 0.2) is 36.4 Å². The van der Waals surface area contributed by atoms with E-state index in [4.69, 9.17) is 14.9 Å². The molecule has 1 heterocycles. The van der Waals surface area contributed by atoms with Gasteiger partial charge in [0, 0.05) is 25.1 Å². The molecule has 0 aliphatic carbocycles. The predicted octanol–water partition coefficient (Wildman–Crippen LogP) is 1.51. The molecule has 1 atom stereocenters. The van der Waals surface area contributed by atoms with Crippen molar-refractivity contribution in [2.45, 2.75) is 25.8 Å². The molecule has 1 aromatic rings. The third kappa shape index (κ3) is 6.56. The summed E-state index contributed by atoms with van der Waals surface area (Å²) in [6.45, 7) is 3.71. The number of carbonyl (C=O) groups is 3. The highest BCUT2D eigenvalue weighted by atomic mass is 16.5. The van der Waals surface area contributed by atoms with Crippen LogP contribution in [-0.2, 0) is 14.4 Å². The molecule has 26 heavy (non-hydrogen) atoms. The van der Waals surface area contributed by atoms with Crippen LogP contribution in [0.2, 0.25) is 0 Å². The molecule has 0 aromatic heterocycles. The zero-order valence-corrected chi connectivity index (χ0v) is 14.8. The van der Waals surface area contributed by atoms with E-state index in [2.05, 4.69) is 5.32 Å². The maximum absolute atomic E-state index is 12.2. The molecule has 0 radical (unpaired) electrons. The van der Waals surface area contributed by atoms with E-state index in [1.54, 1.807) is 7.11 Å². The summed E-state index contributed by atoms with van der Waals surface area (Å²) < 4.78 is 5.37. The largest absolute Gasteiger partial charge is 0.495 e. The lowest BCUT2D eigenvalue weighted by molar-refractivity contribution is -0.134. The lowest BCUT2D eigenvalue weighted by Crippen LogP contribution is -2.41. The smallest absolute Gasteiger partial charge is 0.328 e. The number of methoxy groups -OCH3 is 1.